The summed E-state index contributed by atoms with van der Waals surface area (Å²) >= 11 is 5.99. The fourth-order valence-electron chi connectivity index (χ4n) is 2.20. The summed E-state index contributed by atoms with van der Waals surface area (Å²) in [5.74, 6) is -0.925. The third kappa shape index (κ3) is 4.76. The zero-order valence-corrected chi connectivity index (χ0v) is 14.0. The molecule has 1 aliphatic rings. The molecule has 24 heavy (non-hydrogen) atoms. The van der Waals surface area contributed by atoms with Crippen molar-refractivity contribution in [2.75, 3.05) is 17.2 Å². The summed E-state index contributed by atoms with van der Waals surface area (Å²) in [7, 11) is 0. The first-order chi connectivity index (χ1) is 11.2. The van der Waals surface area contributed by atoms with Gasteiger partial charge in [-0.25, -0.2) is 4.79 Å². The Balaban J connectivity index is 2.09. The molecule has 3 amide bonds. The summed E-state index contributed by atoms with van der Waals surface area (Å²) in [4.78, 5) is 34.2. The van der Waals surface area contributed by atoms with Crippen LogP contribution in [0.15, 0.2) is 12.1 Å². The number of carboxylic acid groups (broad SMARTS) is 1. The molecule has 0 atom stereocenters. The van der Waals surface area contributed by atoms with Crippen molar-refractivity contribution in [3.8, 4) is 5.75 Å². The molecule has 1 heterocycles. The lowest BCUT2D eigenvalue weighted by molar-refractivity contribution is -0.137. The van der Waals surface area contributed by atoms with Crippen LogP contribution in [0.3, 0.4) is 0 Å². The highest BCUT2D eigenvalue weighted by Crippen LogP contribution is 2.38. The van der Waals surface area contributed by atoms with Crippen molar-refractivity contribution in [3.63, 3.8) is 0 Å². The van der Waals surface area contributed by atoms with E-state index in [1.165, 1.54) is 12.1 Å². The summed E-state index contributed by atoms with van der Waals surface area (Å²) in [6, 6.07) is 2.49. The van der Waals surface area contributed by atoms with Crippen LogP contribution < -0.4 is 20.7 Å². The number of carboxylic acids is 1. The minimum Gasteiger partial charge on any atom is -0.481 e. The van der Waals surface area contributed by atoms with Gasteiger partial charge < -0.3 is 25.8 Å². The Bertz CT molecular complexity index is 690. The fraction of sp³-hybridized carbons (Fsp3) is 0.400. The van der Waals surface area contributed by atoms with E-state index >= 15 is 0 Å². The van der Waals surface area contributed by atoms with Gasteiger partial charge in [0.05, 0.1) is 11.4 Å². The lowest BCUT2D eigenvalue weighted by Gasteiger charge is -2.27. The number of aliphatic carboxylic acids is 1. The van der Waals surface area contributed by atoms with Crippen LogP contribution in [0, 0.1) is 0 Å². The van der Waals surface area contributed by atoms with Gasteiger partial charge >= 0.3 is 12.0 Å². The van der Waals surface area contributed by atoms with E-state index in [2.05, 4.69) is 16.0 Å². The first-order valence-electron chi connectivity index (χ1n) is 7.23. The Morgan fingerprint density at radius 2 is 2.12 bits per heavy atom. The van der Waals surface area contributed by atoms with Crippen molar-refractivity contribution < 1.29 is 24.2 Å². The number of carbonyl (C=O) groups excluding carboxylic acids is 2. The number of ether oxygens (including phenoxy) is 1. The van der Waals surface area contributed by atoms with Gasteiger partial charge in [0.2, 0.25) is 0 Å². The number of hydrogen-bond donors (Lipinski definition) is 4. The molecule has 130 valence electrons. The van der Waals surface area contributed by atoms with Crippen LogP contribution in [-0.2, 0) is 9.59 Å². The van der Waals surface area contributed by atoms with Gasteiger partial charge in [0.1, 0.15) is 0 Å². The minimum absolute atomic E-state index is 0.0605. The Kier molecular flexibility index (Phi) is 5.18. The maximum absolute atomic E-state index is 12.2. The maximum Gasteiger partial charge on any atom is 0.319 e. The summed E-state index contributed by atoms with van der Waals surface area (Å²) in [5, 5.41) is 17.0. The van der Waals surface area contributed by atoms with E-state index in [-0.39, 0.29) is 25.4 Å². The minimum atomic E-state index is -0.932. The molecule has 1 aromatic carbocycles. The predicted octanol–water partition coefficient (Wildman–Crippen LogP) is 2.44. The molecule has 0 aromatic heterocycles. The molecule has 9 heteroatoms. The fourth-order valence-corrected chi connectivity index (χ4v) is 2.42. The number of benzene rings is 1. The van der Waals surface area contributed by atoms with E-state index in [1.54, 1.807) is 13.8 Å². The molecule has 8 nitrogen and oxygen atoms in total. The van der Waals surface area contributed by atoms with Gasteiger partial charge in [-0.3, -0.25) is 9.59 Å². The lowest BCUT2D eigenvalue weighted by Crippen LogP contribution is -2.45. The van der Waals surface area contributed by atoms with Crippen molar-refractivity contribution >= 4 is 40.9 Å². The number of anilines is 2. The van der Waals surface area contributed by atoms with Crippen molar-refractivity contribution in [1.29, 1.82) is 0 Å². The summed E-state index contributed by atoms with van der Waals surface area (Å²) in [6.45, 7) is 3.29. The molecule has 0 saturated heterocycles. The lowest BCUT2D eigenvalue weighted by atomic mass is 9.99. The van der Waals surface area contributed by atoms with Crippen LogP contribution in [0.2, 0.25) is 5.02 Å². The maximum atomic E-state index is 12.2. The number of halogens is 1. The zero-order valence-electron chi connectivity index (χ0n) is 13.2. The topological polar surface area (TPSA) is 117 Å². The van der Waals surface area contributed by atoms with E-state index in [0.29, 0.717) is 22.1 Å². The molecule has 0 spiro atoms. The second-order valence-corrected chi connectivity index (χ2v) is 6.46. The summed E-state index contributed by atoms with van der Waals surface area (Å²) in [6.07, 6.45) is 0.213. The van der Waals surface area contributed by atoms with Gasteiger partial charge in [-0.1, -0.05) is 11.6 Å². The molecular formula is C15H18ClN3O5. The van der Waals surface area contributed by atoms with Crippen LogP contribution in [0.4, 0.5) is 16.2 Å². The van der Waals surface area contributed by atoms with Crippen LogP contribution in [0.25, 0.3) is 0 Å². The third-order valence-electron chi connectivity index (χ3n) is 3.34. The molecule has 0 bridgehead atoms. The van der Waals surface area contributed by atoms with E-state index < -0.39 is 17.5 Å². The number of amides is 3. The van der Waals surface area contributed by atoms with Crippen molar-refractivity contribution in [3.05, 3.63) is 17.2 Å². The van der Waals surface area contributed by atoms with Crippen LogP contribution in [0.5, 0.6) is 5.75 Å². The van der Waals surface area contributed by atoms with Gasteiger partial charge in [-0.15, -0.1) is 0 Å². The molecule has 0 unspecified atom stereocenters. The molecule has 4 N–H and O–H groups in total. The monoisotopic (exact) mass is 355 g/mol. The SMILES string of the molecule is CC(C)(CCC(=O)O)NC(=O)Nc1cc(Cl)cc2c1OCC(=O)N2. The van der Waals surface area contributed by atoms with Crippen molar-refractivity contribution in [2.45, 2.75) is 32.2 Å². The molecule has 1 aliphatic heterocycles. The average Bonchev–Trinajstić information content (AvgIpc) is 2.43. The van der Waals surface area contributed by atoms with E-state index in [4.69, 9.17) is 21.4 Å². The van der Waals surface area contributed by atoms with Crippen LogP contribution >= 0.6 is 11.6 Å². The van der Waals surface area contributed by atoms with Crippen molar-refractivity contribution in [2.24, 2.45) is 0 Å². The molecule has 0 aliphatic carbocycles. The van der Waals surface area contributed by atoms with Gasteiger partial charge in [-0.05, 0) is 32.4 Å². The number of urea groups is 1. The van der Waals surface area contributed by atoms with Gasteiger partial charge in [0, 0.05) is 17.0 Å². The quantitative estimate of drug-likeness (QED) is 0.647. The molecule has 0 radical (unpaired) electrons. The molecule has 0 saturated carbocycles. The second kappa shape index (κ2) is 6.96. The summed E-state index contributed by atoms with van der Waals surface area (Å²) < 4.78 is 5.34. The highest BCUT2D eigenvalue weighted by Gasteiger charge is 2.24. The Morgan fingerprint density at radius 3 is 2.79 bits per heavy atom. The molecule has 1 aromatic rings. The van der Waals surface area contributed by atoms with Gasteiger partial charge in [0.25, 0.3) is 5.91 Å². The predicted molar refractivity (Wildman–Crippen MR) is 88.7 cm³/mol. The summed E-state index contributed by atoms with van der Waals surface area (Å²) in [5.41, 5.74) is -0.0286. The highest BCUT2D eigenvalue weighted by molar-refractivity contribution is 6.31. The van der Waals surface area contributed by atoms with Gasteiger partial charge in [0.15, 0.2) is 12.4 Å². The molecule has 0 fully saturated rings. The second-order valence-electron chi connectivity index (χ2n) is 6.02. The Labute approximate surface area is 143 Å². The molecule has 2 rings (SSSR count). The third-order valence-corrected chi connectivity index (χ3v) is 3.56. The highest BCUT2D eigenvalue weighted by atomic mass is 35.5. The van der Waals surface area contributed by atoms with E-state index in [0.717, 1.165) is 0 Å². The number of rotatable bonds is 5. The number of carbonyl (C=O) groups is 3. The van der Waals surface area contributed by atoms with E-state index in [9.17, 15) is 14.4 Å². The molecular weight excluding hydrogens is 338 g/mol. The zero-order chi connectivity index (χ0) is 17.9. The largest absolute Gasteiger partial charge is 0.481 e. The standard InChI is InChI=1S/C15H18ClN3O5/c1-15(2,4-3-12(21)22)19-14(23)18-10-6-8(16)5-9-13(10)24-7-11(20)17-9/h5-6H,3-4,7H2,1-2H3,(H,17,20)(H,21,22)(H2,18,19,23). The Morgan fingerprint density at radius 1 is 1.42 bits per heavy atom. The van der Waals surface area contributed by atoms with Crippen molar-refractivity contribution in [1.82, 2.24) is 5.32 Å². The number of hydrogen-bond acceptors (Lipinski definition) is 4. The number of nitrogens with one attached hydrogen (secondary N) is 3. The first-order valence-corrected chi connectivity index (χ1v) is 7.61. The smallest absolute Gasteiger partial charge is 0.319 e. The van der Waals surface area contributed by atoms with Gasteiger partial charge in [-0.2, -0.15) is 0 Å². The average molecular weight is 356 g/mol. The first kappa shape index (κ1) is 17.9. The normalized spacial score (nSPS) is 13.4. The number of fused-ring (bicyclic) bond motifs is 1. The van der Waals surface area contributed by atoms with Crippen LogP contribution in [0.1, 0.15) is 26.7 Å². The van der Waals surface area contributed by atoms with Crippen LogP contribution in [-0.4, -0.2) is 35.2 Å². The van der Waals surface area contributed by atoms with E-state index in [1.807, 2.05) is 0 Å². The Hall–Kier alpha value is -2.48.